The maximum absolute atomic E-state index is 13.1. The van der Waals surface area contributed by atoms with Crippen LogP contribution in [-0.2, 0) is 0 Å². The summed E-state index contributed by atoms with van der Waals surface area (Å²) in [5, 5.41) is 5.38. The van der Waals surface area contributed by atoms with Gasteiger partial charge in [-0.25, -0.2) is 14.2 Å². The highest BCUT2D eigenvalue weighted by molar-refractivity contribution is 7.14. The van der Waals surface area contributed by atoms with Crippen LogP contribution in [0.25, 0.3) is 11.3 Å². The van der Waals surface area contributed by atoms with Gasteiger partial charge in [0.1, 0.15) is 11.6 Å². The van der Waals surface area contributed by atoms with E-state index >= 15 is 0 Å². The molecule has 1 aliphatic rings. The van der Waals surface area contributed by atoms with E-state index in [0.29, 0.717) is 31.3 Å². The Morgan fingerprint density at radius 3 is 2.41 bits per heavy atom. The number of ether oxygens (including phenoxy) is 1. The van der Waals surface area contributed by atoms with E-state index in [0.717, 1.165) is 22.7 Å². The normalized spacial score (nSPS) is 14.0. The number of carbonyl (C=O) groups excluding carboxylic acids is 1. The molecule has 1 aliphatic heterocycles. The molecule has 0 unspecified atom stereocenters. The van der Waals surface area contributed by atoms with E-state index in [4.69, 9.17) is 4.74 Å². The summed E-state index contributed by atoms with van der Waals surface area (Å²) in [5.41, 5.74) is 2.75. The van der Waals surface area contributed by atoms with Crippen LogP contribution >= 0.6 is 11.3 Å². The molecule has 1 N–H and O–H groups in total. The highest BCUT2D eigenvalue weighted by Gasteiger charge is 2.22. The molecule has 3 aromatic rings. The number of thiazole rings is 1. The fraction of sp³-hybridized carbons (Fsp3) is 0.238. The molecule has 150 valence electrons. The number of anilines is 2. The molecule has 4 rings (SSSR count). The van der Waals surface area contributed by atoms with Crippen molar-refractivity contribution < 1.29 is 13.9 Å². The lowest BCUT2D eigenvalue weighted by Crippen LogP contribution is -2.50. The van der Waals surface area contributed by atoms with Crippen LogP contribution in [0.4, 0.5) is 20.0 Å². The van der Waals surface area contributed by atoms with E-state index in [1.165, 1.54) is 23.5 Å². The third-order valence-corrected chi connectivity index (χ3v) is 5.62. The number of urea groups is 1. The number of hydrogen-bond acceptors (Lipinski definition) is 5. The molecule has 29 heavy (non-hydrogen) atoms. The quantitative estimate of drug-likeness (QED) is 0.694. The van der Waals surface area contributed by atoms with Crippen LogP contribution in [0, 0.1) is 5.82 Å². The number of rotatable bonds is 4. The van der Waals surface area contributed by atoms with Crippen molar-refractivity contribution in [1.29, 1.82) is 0 Å². The molecule has 1 saturated heterocycles. The van der Waals surface area contributed by atoms with Crippen LogP contribution in [0.5, 0.6) is 5.75 Å². The first-order valence-electron chi connectivity index (χ1n) is 9.29. The van der Waals surface area contributed by atoms with Gasteiger partial charge in [0.15, 0.2) is 5.13 Å². The lowest BCUT2D eigenvalue weighted by Gasteiger charge is -2.35. The maximum Gasteiger partial charge on any atom is 0.323 e. The first-order valence-corrected chi connectivity index (χ1v) is 10.2. The summed E-state index contributed by atoms with van der Waals surface area (Å²) in [7, 11) is 1.63. The minimum atomic E-state index is -0.246. The number of amides is 2. The molecule has 0 aliphatic carbocycles. The largest absolute Gasteiger partial charge is 0.497 e. The van der Waals surface area contributed by atoms with Gasteiger partial charge in [0.2, 0.25) is 0 Å². The molecule has 0 radical (unpaired) electrons. The number of nitrogens with zero attached hydrogens (tertiary/aromatic N) is 3. The van der Waals surface area contributed by atoms with Crippen LogP contribution in [0.2, 0.25) is 0 Å². The predicted molar refractivity (Wildman–Crippen MR) is 113 cm³/mol. The van der Waals surface area contributed by atoms with E-state index in [-0.39, 0.29) is 11.8 Å². The fourth-order valence-corrected chi connectivity index (χ4v) is 3.93. The van der Waals surface area contributed by atoms with Crippen molar-refractivity contribution in [3.05, 3.63) is 59.7 Å². The van der Waals surface area contributed by atoms with Crippen LogP contribution < -0.4 is 15.0 Å². The Morgan fingerprint density at radius 2 is 1.76 bits per heavy atom. The Bertz CT molecular complexity index is 967. The zero-order valence-electron chi connectivity index (χ0n) is 16.0. The average molecular weight is 412 g/mol. The Balaban J connectivity index is 1.33. The number of carbonyl (C=O) groups is 1. The Morgan fingerprint density at radius 1 is 1.07 bits per heavy atom. The van der Waals surface area contributed by atoms with E-state index in [1.54, 1.807) is 24.1 Å². The molecule has 0 bridgehead atoms. The van der Waals surface area contributed by atoms with Gasteiger partial charge in [0.05, 0.1) is 12.8 Å². The van der Waals surface area contributed by atoms with E-state index in [2.05, 4.69) is 15.2 Å². The summed E-state index contributed by atoms with van der Waals surface area (Å²) >= 11 is 1.40. The molecular formula is C21H21FN4O2S. The van der Waals surface area contributed by atoms with Gasteiger partial charge in [-0.15, -0.1) is 11.3 Å². The summed E-state index contributed by atoms with van der Waals surface area (Å²) in [6, 6.07) is 13.9. The second kappa shape index (κ2) is 8.48. The molecule has 1 aromatic heterocycles. The summed E-state index contributed by atoms with van der Waals surface area (Å²) < 4.78 is 18.3. The van der Waals surface area contributed by atoms with Crippen molar-refractivity contribution in [2.24, 2.45) is 0 Å². The SMILES string of the molecule is COc1ccc(-c2csc(NC(=O)N3CCN(c4ccc(F)cc4)CC3)n2)cc1. The standard InChI is InChI=1S/C21H21FN4O2S/c1-28-18-8-2-15(3-9-18)19-14-29-20(23-19)24-21(27)26-12-10-25(11-13-26)17-6-4-16(22)5-7-17/h2-9,14H,10-13H2,1H3,(H,23,24,27). The van der Waals surface area contributed by atoms with Gasteiger partial charge in [0.25, 0.3) is 0 Å². The second-order valence-corrected chi connectivity index (χ2v) is 7.51. The van der Waals surface area contributed by atoms with E-state index in [1.807, 2.05) is 29.6 Å². The second-order valence-electron chi connectivity index (χ2n) is 6.65. The first kappa shape index (κ1) is 19.2. The van der Waals surface area contributed by atoms with Gasteiger partial charge >= 0.3 is 6.03 Å². The zero-order valence-corrected chi connectivity index (χ0v) is 16.8. The monoisotopic (exact) mass is 412 g/mol. The topological polar surface area (TPSA) is 57.7 Å². The Kier molecular flexibility index (Phi) is 5.62. The molecule has 0 atom stereocenters. The number of halogens is 1. The molecule has 0 saturated carbocycles. The molecule has 1 fully saturated rings. The van der Waals surface area contributed by atoms with Gasteiger partial charge in [-0.05, 0) is 48.5 Å². The number of piperazine rings is 1. The fourth-order valence-electron chi connectivity index (χ4n) is 3.22. The molecule has 2 amide bonds. The van der Waals surface area contributed by atoms with Crippen molar-refractivity contribution >= 4 is 28.2 Å². The molecule has 2 aromatic carbocycles. The maximum atomic E-state index is 13.1. The minimum absolute atomic E-state index is 0.153. The Hall–Kier alpha value is -3.13. The molecule has 0 spiro atoms. The number of nitrogens with one attached hydrogen (secondary N) is 1. The first-order chi connectivity index (χ1) is 14.1. The zero-order chi connectivity index (χ0) is 20.2. The van der Waals surface area contributed by atoms with Crippen molar-refractivity contribution in [3.63, 3.8) is 0 Å². The Labute approximate surface area is 172 Å². The van der Waals surface area contributed by atoms with Crippen LogP contribution in [0.1, 0.15) is 0 Å². The number of benzene rings is 2. The van der Waals surface area contributed by atoms with Gasteiger partial charge in [-0.2, -0.15) is 0 Å². The summed E-state index contributed by atoms with van der Waals surface area (Å²) in [4.78, 5) is 21.0. The third-order valence-electron chi connectivity index (χ3n) is 4.86. The molecule has 6 nitrogen and oxygen atoms in total. The lowest BCUT2D eigenvalue weighted by atomic mass is 10.2. The summed E-state index contributed by atoms with van der Waals surface area (Å²) in [6.07, 6.45) is 0. The lowest BCUT2D eigenvalue weighted by molar-refractivity contribution is 0.208. The minimum Gasteiger partial charge on any atom is -0.497 e. The highest BCUT2D eigenvalue weighted by atomic mass is 32.1. The predicted octanol–water partition coefficient (Wildman–Crippen LogP) is 4.31. The number of aromatic nitrogens is 1. The van der Waals surface area contributed by atoms with Crippen molar-refractivity contribution in [2.45, 2.75) is 0 Å². The smallest absolute Gasteiger partial charge is 0.323 e. The van der Waals surface area contributed by atoms with Crippen molar-refractivity contribution in [3.8, 4) is 17.0 Å². The van der Waals surface area contributed by atoms with Crippen LogP contribution in [-0.4, -0.2) is 49.2 Å². The van der Waals surface area contributed by atoms with Gasteiger partial charge in [-0.3, -0.25) is 5.32 Å². The average Bonchev–Trinajstić information content (AvgIpc) is 3.23. The molecular weight excluding hydrogens is 391 g/mol. The molecule has 2 heterocycles. The summed E-state index contributed by atoms with van der Waals surface area (Å²) in [5.74, 6) is 0.543. The molecule has 8 heteroatoms. The van der Waals surface area contributed by atoms with E-state index in [9.17, 15) is 9.18 Å². The van der Waals surface area contributed by atoms with Crippen molar-refractivity contribution in [2.75, 3.05) is 43.5 Å². The van der Waals surface area contributed by atoms with Crippen LogP contribution in [0.3, 0.4) is 0 Å². The van der Waals surface area contributed by atoms with Crippen molar-refractivity contribution in [1.82, 2.24) is 9.88 Å². The number of hydrogen-bond donors (Lipinski definition) is 1. The van der Waals surface area contributed by atoms with Gasteiger partial charge < -0.3 is 14.5 Å². The van der Waals surface area contributed by atoms with Gasteiger partial charge in [-0.1, -0.05) is 0 Å². The van der Waals surface area contributed by atoms with Crippen LogP contribution in [0.15, 0.2) is 53.9 Å². The van der Waals surface area contributed by atoms with E-state index < -0.39 is 0 Å². The highest BCUT2D eigenvalue weighted by Crippen LogP contribution is 2.27. The third kappa shape index (κ3) is 4.48. The summed E-state index contributed by atoms with van der Waals surface area (Å²) in [6.45, 7) is 2.60. The number of methoxy groups -OCH3 is 1. The van der Waals surface area contributed by atoms with Gasteiger partial charge in [0, 0.05) is 42.8 Å².